The van der Waals surface area contributed by atoms with Crippen molar-refractivity contribution in [3.8, 4) is 5.75 Å². The Balaban J connectivity index is 2.57. The van der Waals surface area contributed by atoms with Crippen LogP contribution in [0.5, 0.6) is 5.75 Å². The van der Waals surface area contributed by atoms with Gasteiger partial charge in [0.15, 0.2) is 0 Å². The highest BCUT2D eigenvalue weighted by molar-refractivity contribution is 5.35. The molecule has 1 rings (SSSR count). The molecule has 0 spiro atoms. The molecular formula is C14H21FO3. The van der Waals surface area contributed by atoms with Crippen LogP contribution in [0.4, 0.5) is 4.39 Å². The molecule has 0 saturated carbocycles. The Morgan fingerprint density at radius 2 is 1.94 bits per heavy atom. The standard InChI is InChI=1S/C14H21FO3/c1-10(16)12-9-11(15)5-6-13(12)17-7-8-18-14(2,3)4/h5-6,9-10,16H,7-8H2,1-4H3/t10-/m1/s1. The number of aliphatic hydroxyl groups excluding tert-OH is 1. The fourth-order valence-corrected chi connectivity index (χ4v) is 1.48. The van der Waals surface area contributed by atoms with Crippen LogP contribution in [0, 0.1) is 5.82 Å². The second-order valence-corrected chi connectivity index (χ2v) is 5.17. The molecule has 0 aromatic heterocycles. The molecule has 1 N–H and O–H groups in total. The van der Waals surface area contributed by atoms with Crippen molar-refractivity contribution in [1.82, 2.24) is 0 Å². The van der Waals surface area contributed by atoms with Crippen molar-refractivity contribution < 1.29 is 19.0 Å². The smallest absolute Gasteiger partial charge is 0.125 e. The average molecular weight is 256 g/mol. The second kappa shape index (κ2) is 6.16. The van der Waals surface area contributed by atoms with Crippen LogP contribution < -0.4 is 4.74 Å². The van der Waals surface area contributed by atoms with Crippen molar-refractivity contribution in [1.29, 1.82) is 0 Å². The molecule has 0 aliphatic rings. The number of halogens is 1. The molecule has 1 aromatic rings. The summed E-state index contributed by atoms with van der Waals surface area (Å²) in [6.07, 6.45) is -0.765. The van der Waals surface area contributed by atoms with E-state index in [9.17, 15) is 9.50 Å². The van der Waals surface area contributed by atoms with Gasteiger partial charge in [-0.15, -0.1) is 0 Å². The first-order valence-corrected chi connectivity index (χ1v) is 6.04. The van der Waals surface area contributed by atoms with Crippen molar-refractivity contribution in [3.63, 3.8) is 0 Å². The monoisotopic (exact) mass is 256 g/mol. The summed E-state index contributed by atoms with van der Waals surface area (Å²) in [7, 11) is 0. The number of hydrogen-bond donors (Lipinski definition) is 1. The lowest BCUT2D eigenvalue weighted by Gasteiger charge is -2.20. The molecule has 0 aliphatic heterocycles. The lowest BCUT2D eigenvalue weighted by atomic mass is 10.1. The Kier molecular flexibility index (Phi) is 5.11. The van der Waals surface area contributed by atoms with Gasteiger partial charge in [0, 0.05) is 5.56 Å². The molecule has 0 bridgehead atoms. The van der Waals surface area contributed by atoms with Gasteiger partial charge in [-0.3, -0.25) is 0 Å². The highest BCUT2D eigenvalue weighted by atomic mass is 19.1. The summed E-state index contributed by atoms with van der Waals surface area (Å²) in [5, 5.41) is 9.54. The molecule has 0 unspecified atom stereocenters. The maximum absolute atomic E-state index is 13.1. The van der Waals surface area contributed by atoms with Crippen LogP contribution in [-0.2, 0) is 4.74 Å². The SMILES string of the molecule is C[C@@H](O)c1cc(F)ccc1OCCOC(C)(C)C. The minimum absolute atomic E-state index is 0.209. The van der Waals surface area contributed by atoms with Crippen molar-refractivity contribution in [2.45, 2.75) is 39.4 Å². The summed E-state index contributed by atoms with van der Waals surface area (Å²) in [6.45, 7) is 8.28. The van der Waals surface area contributed by atoms with Crippen LogP contribution >= 0.6 is 0 Å². The molecule has 0 fully saturated rings. The van der Waals surface area contributed by atoms with Gasteiger partial charge in [-0.05, 0) is 45.9 Å². The molecule has 18 heavy (non-hydrogen) atoms. The number of rotatable bonds is 5. The zero-order chi connectivity index (χ0) is 13.8. The highest BCUT2D eigenvalue weighted by Gasteiger charge is 2.12. The Morgan fingerprint density at radius 3 is 2.50 bits per heavy atom. The Hall–Kier alpha value is -1.13. The van der Waals surface area contributed by atoms with Gasteiger partial charge in [-0.2, -0.15) is 0 Å². The zero-order valence-electron chi connectivity index (χ0n) is 11.4. The average Bonchev–Trinajstić information content (AvgIpc) is 2.24. The van der Waals surface area contributed by atoms with Gasteiger partial charge >= 0.3 is 0 Å². The zero-order valence-corrected chi connectivity index (χ0v) is 11.4. The summed E-state index contributed by atoms with van der Waals surface area (Å²) >= 11 is 0. The van der Waals surface area contributed by atoms with Crippen molar-refractivity contribution >= 4 is 0 Å². The minimum Gasteiger partial charge on any atom is -0.491 e. The quantitative estimate of drug-likeness (QED) is 0.823. The highest BCUT2D eigenvalue weighted by Crippen LogP contribution is 2.25. The van der Waals surface area contributed by atoms with E-state index in [0.29, 0.717) is 24.5 Å². The fourth-order valence-electron chi connectivity index (χ4n) is 1.48. The first-order chi connectivity index (χ1) is 8.29. The van der Waals surface area contributed by atoms with E-state index in [1.807, 2.05) is 20.8 Å². The molecule has 0 aliphatic carbocycles. The van der Waals surface area contributed by atoms with E-state index in [2.05, 4.69) is 0 Å². The fraction of sp³-hybridized carbons (Fsp3) is 0.571. The van der Waals surface area contributed by atoms with Crippen LogP contribution in [-0.4, -0.2) is 23.9 Å². The predicted molar refractivity (Wildman–Crippen MR) is 68.2 cm³/mol. The van der Waals surface area contributed by atoms with Crippen molar-refractivity contribution in [2.24, 2.45) is 0 Å². The van der Waals surface area contributed by atoms with Crippen LogP contribution in [0.15, 0.2) is 18.2 Å². The van der Waals surface area contributed by atoms with E-state index in [1.54, 1.807) is 6.92 Å². The molecule has 4 heteroatoms. The van der Waals surface area contributed by atoms with E-state index in [1.165, 1.54) is 18.2 Å². The maximum atomic E-state index is 13.1. The Bertz CT molecular complexity index is 383. The molecule has 0 saturated heterocycles. The summed E-state index contributed by atoms with van der Waals surface area (Å²) < 4.78 is 24.1. The molecule has 0 radical (unpaired) electrons. The van der Waals surface area contributed by atoms with E-state index in [0.717, 1.165) is 0 Å². The summed E-state index contributed by atoms with van der Waals surface area (Å²) in [4.78, 5) is 0. The first kappa shape index (κ1) is 14.9. The van der Waals surface area contributed by atoms with Gasteiger partial charge < -0.3 is 14.6 Å². The molecular weight excluding hydrogens is 235 g/mol. The molecule has 102 valence electrons. The number of aliphatic hydroxyl groups is 1. The van der Waals surface area contributed by atoms with E-state index in [4.69, 9.17) is 9.47 Å². The normalized spacial score (nSPS) is 13.4. The number of benzene rings is 1. The topological polar surface area (TPSA) is 38.7 Å². The van der Waals surface area contributed by atoms with Crippen LogP contribution in [0.25, 0.3) is 0 Å². The molecule has 3 nitrogen and oxygen atoms in total. The van der Waals surface area contributed by atoms with Gasteiger partial charge in [-0.1, -0.05) is 0 Å². The van der Waals surface area contributed by atoms with Crippen LogP contribution in [0.1, 0.15) is 39.4 Å². The van der Waals surface area contributed by atoms with Gasteiger partial charge in [0.05, 0.1) is 18.3 Å². The van der Waals surface area contributed by atoms with E-state index < -0.39 is 6.10 Å². The van der Waals surface area contributed by atoms with Gasteiger partial charge in [0.25, 0.3) is 0 Å². The molecule has 0 amide bonds. The van der Waals surface area contributed by atoms with Gasteiger partial charge in [-0.25, -0.2) is 4.39 Å². The summed E-state index contributed by atoms with van der Waals surface area (Å²) in [5.74, 6) is 0.105. The minimum atomic E-state index is -0.765. The number of hydrogen-bond acceptors (Lipinski definition) is 3. The van der Waals surface area contributed by atoms with E-state index in [-0.39, 0.29) is 11.4 Å². The third-order valence-corrected chi connectivity index (χ3v) is 2.30. The van der Waals surface area contributed by atoms with Gasteiger partial charge in [0.1, 0.15) is 18.2 Å². The van der Waals surface area contributed by atoms with Crippen molar-refractivity contribution in [3.05, 3.63) is 29.6 Å². The molecule has 1 aromatic carbocycles. The lowest BCUT2D eigenvalue weighted by Crippen LogP contribution is -2.22. The third-order valence-electron chi connectivity index (χ3n) is 2.30. The number of ether oxygens (including phenoxy) is 2. The maximum Gasteiger partial charge on any atom is 0.125 e. The van der Waals surface area contributed by atoms with Crippen LogP contribution in [0.3, 0.4) is 0 Å². The van der Waals surface area contributed by atoms with Gasteiger partial charge in [0.2, 0.25) is 0 Å². The summed E-state index contributed by atoms with van der Waals surface area (Å²) in [5.41, 5.74) is 0.241. The first-order valence-electron chi connectivity index (χ1n) is 6.04. The summed E-state index contributed by atoms with van der Waals surface area (Å²) in [6, 6.07) is 4.12. The largest absolute Gasteiger partial charge is 0.491 e. The molecule has 0 heterocycles. The third kappa shape index (κ3) is 5.02. The Labute approximate surface area is 108 Å². The predicted octanol–water partition coefficient (Wildman–Crippen LogP) is 3.07. The lowest BCUT2D eigenvalue weighted by molar-refractivity contribution is -0.0166. The van der Waals surface area contributed by atoms with E-state index >= 15 is 0 Å². The molecule has 1 atom stereocenters. The Morgan fingerprint density at radius 1 is 1.28 bits per heavy atom. The second-order valence-electron chi connectivity index (χ2n) is 5.17. The van der Waals surface area contributed by atoms with Crippen molar-refractivity contribution in [2.75, 3.05) is 13.2 Å². The van der Waals surface area contributed by atoms with Crippen LogP contribution in [0.2, 0.25) is 0 Å².